The molecule has 0 aromatic heterocycles. The first-order valence-electron chi connectivity index (χ1n) is 5.86. The highest BCUT2D eigenvalue weighted by molar-refractivity contribution is 9.10. The molecule has 2 aromatic carbocycles. The van der Waals surface area contributed by atoms with E-state index in [1.807, 2.05) is 37.4 Å². The summed E-state index contributed by atoms with van der Waals surface area (Å²) in [6.07, 6.45) is 0. The number of aromatic carboxylic acids is 1. The zero-order valence-electron chi connectivity index (χ0n) is 10.5. The van der Waals surface area contributed by atoms with Crippen LogP contribution in [0.1, 0.15) is 15.9 Å². The van der Waals surface area contributed by atoms with Crippen LogP contribution in [-0.2, 0) is 6.54 Å². The van der Waals surface area contributed by atoms with Crippen LogP contribution in [0.4, 0.5) is 5.69 Å². The molecule has 0 amide bonds. The average Bonchev–Trinajstić information content (AvgIpc) is 2.39. The van der Waals surface area contributed by atoms with E-state index < -0.39 is 5.97 Å². The second kappa shape index (κ2) is 5.89. The molecule has 0 saturated carbocycles. The number of nitrogens with zero attached hydrogens (tertiary/aromatic N) is 1. The molecule has 19 heavy (non-hydrogen) atoms. The monoisotopic (exact) mass is 319 g/mol. The van der Waals surface area contributed by atoms with E-state index in [1.54, 1.807) is 6.07 Å². The largest absolute Gasteiger partial charge is 0.478 e. The van der Waals surface area contributed by atoms with Crippen LogP contribution in [0.5, 0.6) is 0 Å². The molecule has 2 rings (SSSR count). The molecule has 2 aromatic rings. The fourth-order valence-electron chi connectivity index (χ4n) is 1.86. The van der Waals surface area contributed by atoms with Gasteiger partial charge in [-0.3, -0.25) is 0 Å². The Morgan fingerprint density at radius 2 is 1.89 bits per heavy atom. The van der Waals surface area contributed by atoms with Crippen molar-refractivity contribution in [1.29, 1.82) is 0 Å². The van der Waals surface area contributed by atoms with Crippen LogP contribution in [0.3, 0.4) is 0 Å². The van der Waals surface area contributed by atoms with Crippen LogP contribution in [0.25, 0.3) is 0 Å². The summed E-state index contributed by atoms with van der Waals surface area (Å²) in [6.45, 7) is 0.777. The van der Waals surface area contributed by atoms with Gasteiger partial charge in [-0.05, 0) is 39.7 Å². The Bertz CT molecular complexity index is 584. The molecular weight excluding hydrogens is 306 g/mol. The lowest BCUT2D eigenvalue weighted by Crippen LogP contribution is -2.16. The number of rotatable bonds is 4. The molecule has 0 unspecified atom stereocenters. The van der Waals surface area contributed by atoms with Crippen LogP contribution < -0.4 is 4.90 Å². The Morgan fingerprint density at radius 3 is 2.47 bits per heavy atom. The molecule has 0 atom stereocenters. The molecule has 0 heterocycles. The van der Waals surface area contributed by atoms with Gasteiger partial charge in [-0.1, -0.05) is 30.3 Å². The first-order valence-corrected chi connectivity index (χ1v) is 6.65. The Hall–Kier alpha value is -1.81. The average molecular weight is 320 g/mol. The van der Waals surface area contributed by atoms with Gasteiger partial charge in [-0.25, -0.2) is 4.79 Å². The van der Waals surface area contributed by atoms with E-state index in [-0.39, 0.29) is 5.56 Å². The summed E-state index contributed by atoms with van der Waals surface area (Å²) in [5.41, 5.74) is 2.46. The van der Waals surface area contributed by atoms with Crippen molar-refractivity contribution in [1.82, 2.24) is 0 Å². The number of halogens is 1. The van der Waals surface area contributed by atoms with Crippen molar-refractivity contribution in [2.45, 2.75) is 6.54 Å². The Labute approximate surface area is 120 Å². The molecule has 0 aliphatic rings. The lowest BCUT2D eigenvalue weighted by molar-refractivity contribution is 0.0696. The zero-order chi connectivity index (χ0) is 13.8. The van der Waals surface area contributed by atoms with Crippen molar-refractivity contribution in [2.75, 3.05) is 11.9 Å². The first-order chi connectivity index (χ1) is 9.08. The smallest absolute Gasteiger partial charge is 0.336 e. The Morgan fingerprint density at radius 1 is 1.21 bits per heavy atom. The summed E-state index contributed by atoms with van der Waals surface area (Å²) in [7, 11) is 1.98. The van der Waals surface area contributed by atoms with E-state index in [4.69, 9.17) is 5.11 Å². The topological polar surface area (TPSA) is 40.5 Å². The third-order valence-electron chi connectivity index (χ3n) is 2.89. The third-order valence-corrected chi connectivity index (χ3v) is 3.54. The van der Waals surface area contributed by atoms with Gasteiger partial charge in [0.1, 0.15) is 0 Å². The molecule has 3 nitrogen and oxygen atoms in total. The van der Waals surface area contributed by atoms with Crippen molar-refractivity contribution in [3.05, 3.63) is 64.1 Å². The van der Waals surface area contributed by atoms with E-state index in [2.05, 4.69) is 33.0 Å². The minimum atomic E-state index is -0.927. The normalized spacial score (nSPS) is 10.2. The number of carbonyl (C=O) groups is 1. The van der Waals surface area contributed by atoms with Gasteiger partial charge in [-0.2, -0.15) is 0 Å². The molecule has 0 bridgehead atoms. The molecule has 0 aliphatic heterocycles. The fraction of sp³-hybridized carbons (Fsp3) is 0.133. The van der Waals surface area contributed by atoms with Gasteiger partial charge < -0.3 is 10.0 Å². The van der Waals surface area contributed by atoms with Crippen LogP contribution in [0.15, 0.2) is 53.0 Å². The number of carboxylic acid groups (broad SMARTS) is 1. The summed E-state index contributed by atoms with van der Waals surface area (Å²) in [5, 5.41) is 8.99. The number of carboxylic acids is 1. The summed E-state index contributed by atoms with van der Waals surface area (Å²) in [5.74, 6) is -0.927. The van der Waals surface area contributed by atoms with Gasteiger partial charge in [0.2, 0.25) is 0 Å². The molecule has 0 spiro atoms. The summed E-state index contributed by atoms with van der Waals surface area (Å²) in [6, 6.07) is 15.4. The van der Waals surface area contributed by atoms with E-state index in [9.17, 15) is 4.79 Å². The predicted molar refractivity (Wildman–Crippen MR) is 79.7 cm³/mol. The second-order valence-corrected chi connectivity index (χ2v) is 5.17. The van der Waals surface area contributed by atoms with Gasteiger partial charge in [0, 0.05) is 23.8 Å². The quantitative estimate of drug-likeness (QED) is 0.932. The fourth-order valence-corrected chi connectivity index (χ4v) is 2.40. The van der Waals surface area contributed by atoms with Crippen molar-refractivity contribution in [3.8, 4) is 0 Å². The van der Waals surface area contributed by atoms with Gasteiger partial charge in [0.25, 0.3) is 0 Å². The van der Waals surface area contributed by atoms with Crippen LogP contribution >= 0.6 is 15.9 Å². The van der Waals surface area contributed by atoms with E-state index in [0.717, 1.165) is 12.2 Å². The molecule has 0 saturated heterocycles. The van der Waals surface area contributed by atoms with E-state index in [0.29, 0.717) is 4.47 Å². The lowest BCUT2D eigenvalue weighted by atomic mass is 10.1. The molecule has 0 radical (unpaired) electrons. The molecule has 98 valence electrons. The molecular formula is C15H14BrNO2. The molecule has 0 aliphatic carbocycles. The minimum absolute atomic E-state index is 0.275. The minimum Gasteiger partial charge on any atom is -0.478 e. The highest BCUT2D eigenvalue weighted by Gasteiger charge is 2.10. The molecule has 0 fully saturated rings. The van der Waals surface area contributed by atoms with Gasteiger partial charge in [0.15, 0.2) is 0 Å². The first kappa shape index (κ1) is 13.6. The zero-order valence-corrected chi connectivity index (χ0v) is 12.1. The van der Waals surface area contributed by atoms with Crippen molar-refractivity contribution >= 4 is 27.6 Å². The second-order valence-electron chi connectivity index (χ2n) is 4.31. The lowest BCUT2D eigenvalue weighted by Gasteiger charge is -2.20. The van der Waals surface area contributed by atoms with Crippen molar-refractivity contribution in [2.24, 2.45) is 0 Å². The van der Waals surface area contributed by atoms with Crippen molar-refractivity contribution in [3.63, 3.8) is 0 Å². The Kier molecular flexibility index (Phi) is 4.22. The number of benzene rings is 2. The summed E-state index contributed by atoms with van der Waals surface area (Å²) < 4.78 is 0.595. The number of anilines is 1. The number of hydrogen-bond acceptors (Lipinski definition) is 2. The Balaban J connectivity index is 2.18. The highest BCUT2D eigenvalue weighted by atomic mass is 79.9. The number of hydrogen-bond donors (Lipinski definition) is 1. The molecule has 4 heteroatoms. The van der Waals surface area contributed by atoms with Crippen LogP contribution in [0, 0.1) is 0 Å². The molecule has 1 N–H and O–H groups in total. The standard InChI is InChI=1S/C15H14BrNO2/c1-17(10-11-5-3-2-4-6-11)12-7-8-13(15(18)19)14(16)9-12/h2-9H,10H2,1H3,(H,18,19). The van der Waals surface area contributed by atoms with Crippen LogP contribution in [-0.4, -0.2) is 18.1 Å². The predicted octanol–water partition coefficient (Wildman–Crippen LogP) is 3.78. The summed E-state index contributed by atoms with van der Waals surface area (Å²) in [4.78, 5) is 13.0. The van der Waals surface area contributed by atoms with Crippen LogP contribution in [0.2, 0.25) is 0 Å². The third kappa shape index (κ3) is 3.35. The van der Waals surface area contributed by atoms with E-state index in [1.165, 1.54) is 5.56 Å². The van der Waals surface area contributed by atoms with Crippen molar-refractivity contribution < 1.29 is 9.90 Å². The van der Waals surface area contributed by atoms with Gasteiger partial charge in [-0.15, -0.1) is 0 Å². The highest BCUT2D eigenvalue weighted by Crippen LogP contribution is 2.24. The maximum atomic E-state index is 11.0. The van der Waals surface area contributed by atoms with Gasteiger partial charge >= 0.3 is 5.97 Å². The maximum Gasteiger partial charge on any atom is 0.336 e. The van der Waals surface area contributed by atoms with E-state index >= 15 is 0 Å². The maximum absolute atomic E-state index is 11.0. The SMILES string of the molecule is CN(Cc1ccccc1)c1ccc(C(=O)O)c(Br)c1. The summed E-state index contributed by atoms with van der Waals surface area (Å²) >= 11 is 3.29. The van der Waals surface area contributed by atoms with Gasteiger partial charge in [0.05, 0.1) is 5.56 Å².